The fourth-order valence-corrected chi connectivity index (χ4v) is 1.96. The zero-order valence-corrected chi connectivity index (χ0v) is 10.2. The van der Waals surface area contributed by atoms with Crippen LogP contribution in [-0.4, -0.2) is 22.7 Å². The fourth-order valence-electron chi connectivity index (χ4n) is 1.25. The second kappa shape index (κ2) is 5.23. The number of carboxylic acids is 1. The van der Waals surface area contributed by atoms with Crippen LogP contribution >= 0.6 is 15.9 Å². The first-order valence-electron chi connectivity index (χ1n) is 4.53. The molecule has 1 heterocycles. The number of nitrogens with zero attached hydrogens (tertiary/aromatic N) is 1. The van der Waals surface area contributed by atoms with Crippen LogP contribution in [0.25, 0.3) is 0 Å². The Balaban J connectivity index is 3.14. The van der Waals surface area contributed by atoms with Gasteiger partial charge in [-0.25, -0.2) is 9.78 Å². The average molecular weight is 274 g/mol. The van der Waals surface area contributed by atoms with Gasteiger partial charge in [-0.3, -0.25) is 0 Å². The number of aryl methyl sites for hydroxylation is 1. The van der Waals surface area contributed by atoms with Crippen molar-refractivity contribution in [2.24, 2.45) is 0 Å². The molecular weight excluding hydrogens is 262 g/mol. The lowest BCUT2D eigenvalue weighted by Crippen LogP contribution is -2.07. The number of hydrogen-bond acceptors (Lipinski definition) is 3. The quantitative estimate of drug-likeness (QED) is 0.856. The Morgan fingerprint density at radius 3 is 2.87 bits per heavy atom. The summed E-state index contributed by atoms with van der Waals surface area (Å²) in [4.78, 5) is 15.0. The Labute approximate surface area is 96.4 Å². The Morgan fingerprint density at radius 1 is 1.67 bits per heavy atom. The number of carboxylic acid groups (broad SMARTS) is 1. The molecule has 1 rings (SSSR count). The molecule has 0 saturated carbocycles. The molecule has 0 aliphatic heterocycles. The number of halogens is 1. The number of aromatic nitrogens is 1. The molecule has 0 spiro atoms. The Morgan fingerprint density at radius 2 is 2.33 bits per heavy atom. The second-order valence-electron chi connectivity index (χ2n) is 3.03. The van der Waals surface area contributed by atoms with Crippen LogP contribution in [0.1, 0.15) is 28.5 Å². The maximum atomic E-state index is 11.0. The van der Waals surface area contributed by atoms with Crippen molar-refractivity contribution >= 4 is 21.9 Å². The van der Waals surface area contributed by atoms with Gasteiger partial charge in [0.05, 0.1) is 12.2 Å². The first-order chi connectivity index (χ1) is 7.06. The van der Waals surface area contributed by atoms with Crippen LogP contribution in [0.2, 0.25) is 0 Å². The minimum absolute atomic E-state index is 0.175. The molecule has 5 heteroatoms. The van der Waals surface area contributed by atoms with Crippen LogP contribution in [0.5, 0.6) is 0 Å². The van der Waals surface area contributed by atoms with E-state index < -0.39 is 5.97 Å². The normalized spacial score (nSPS) is 10.3. The van der Waals surface area contributed by atoms with Crippen molar-refractivity contribution in [2.45, 2.75) is 20.5 Å². The first kappa shape index (κ1) is 12.1. The third-order valence-corrected chi connectivity index (χ3v) is 2.43. The summed E-state index contributed by atoms with van der Waals surface area (Å²) in [7, 11) is 0. The summed E-state index contributed by atoms with van der Waals surface area (Å²) in [6, 6.07) is 1.73. The summed E-state index contributed by atoms with van der Waals surface area (Å²) in [5, 5.41) is 9.01. The fraction of sp³-hybridized carbons (Fsp3) is 0.400. The van der Waals surface area contributed by atoms with Gasteiger partial charge in [-0.2, -0.15) is 0 Å². The van der Waals surface area contributed by atoms with E-state index in [1.165, 1.54) is 0 Å². The number of carbonyl (C=O) groups is 1. The van der Waals surface area contributed by atoms with Crippen LogP contribution in [0, 0.1) is 6.92 Å². The van der Waals surface area contributed by atoms with E-state index in [0.717, 1.165) is 5.69 Å². The summed E-state index contributed by atoms with van der Waals surface area (Å²) in [5.41, 5.74) is 1.58. The van der Waals surface area contributed by atoms with Crippen molar-refractivity contribution in [3.63, 3.8) is 0 Å². The van der Waals surface area contributed by atoms with Crippen molar-refractivity contribution in [1.82, 2.24) is 4.98 Å². The summed E-state index contributed by atoms with van der Waals surface area (Å²) in [6.07, 6.45) is 0. The van der Waals surface area contributed by atoms with Gasteiger partial charge in [-0.15, -0.1) is 0 Å². The van der Waals surface area contributed by atoms with E-state index in [-0.39, 0.29) is 5.56 Å². The minimum atomic E-state index is -0.996. The van der Waals surface area contributed by atoms with Crippen LogP contribution < -0.4 is 0 Å². The van der Waals surface area contributed by atoms with E-state index in [2.05, 4.69) is 20.9 Å². The lowest BCUT2D eigenvalue weighted by atomic mass is 10.1. The molecule has 1 aromatic rings. The van der Waals surface area contributed by atoms with E-state index >= 15 is 0 Å². The lowest BCUT2D eigenvalue weighted by Gasteiger charge is -2.08. The monoisotopic (exact) mass is 273 g/mol. The van der Waals surface area contributed by atoms with Crippen LogP contribution in [-0.2, 0) is 11.3 Å². The number of ether oxygens (including phenoxy) is 1. The van der Waals surface area contributed by atoms with Gasteiger partial charge in [0, 0.05) is 12.3 Å². The van der Waals surface area contributed by atoms with Gasteiger partial charge in [0.25, 0.3) is 0 Å². The topological polar surface area (TPSA) is 59.4 Å². The number of aromatic carboxylic acids is 1. The van der Waals surface area contributed by atoms with Gasteiger partial charge in [-0.1, -0.05) is 0 Å². The zero-order chi connectivity index (χ0) is 11.4. The highest BCUT2D eigenvalue weighted by atomic mass is 79.9. The molecule has 1 aromatic heterocycles. The van der Waals surface area contributed by atoms with Gasteiger partial charge in [-0.05, 0) is 41.4 Å². The molecule has 0 fully saturated rings. The maximum absolute atomic E-state index is 11.0. The standard InChI is InChI=1S/C10H12BrNO3/c1-3-15-5-7-4-6(2)12-9(11)8(7)10(13)14/h4H,3,5H2,1-2H3,(H,13,14). The summed E-state index contributed by atoms with van der Waals surface area (Å²) < 4.78 is 5.56. The van der Waals surface area contributed by atoms with E-state index in [1.54, 1.807) is 6.07 Å². The van der Waals surface area contributed by atoms with Gasteiger partial charge in [0.2, 0.25) is 0 Å². The molecular formula is C10H12BrNO3. The molecule has 0 amide bonds. The highest BCUT2D eigenvalue weighted by molar-refractivity contribution is 9.10. The van der Waals surface area contributed by atoms with Gasteiger partial charge < -0.3 is 9.84 Å². The molecule has 82 valence electrons. The van der Waals surface area contributed by atoms with Crippen molar-refractivity contribution < 1.29 is 14.6 Å². The van der Waals surface area contributed by atoms with E-state index in [1.807, 2.05) is 13.8 Å². The maximum Gasteiger partial charge on any atom is 0.338 e. The zero-order valence-electron chi connectivity index (χ0n) is 8.58. The van der Waals surface area contributed by atoms with Gasteiger partial charge in [0.15, 0.2) is 0 Å². The molecule has 0 saturated heterocycles. The summed E-state index contributed by atoms with van der Waals surface area (Å²) >= 11 is 3.14. The molecule has 4 nitrogen and oxygen atoms in total. The molecule has 0 unspecified atom stereocenters. The van der Waals surface area contributed by atoms with Crippen LogP contribution in [0.4, 0.5) is 0 Å². The van der Waals surface area contributed by atoms with Crippen molar-refractivity contribution in [1.29, 1.82) is 0 Å². The molecule has 0 aliphatic carbocycles. The van der Waals surface area contributed by atoms with Crippen molar-refractivity contribution in [2.75, 3.05) is 6.61 Å². The van der Waals surface area contributed by atoms with Gasteiger partial charge >= 0.3 is 5.97 Å². The van der Waals surface area contributed by atoms with Crippen LogP contribution in [0.15, 0.2) is 10.7 Å². The SMILES string of the molecule is CCOCc1cc(C)nc(Br)c1C(=O)O. The Bertz CT molecular complexity index is 379. The highest BCUT2D eigenvalue weighted by Crippen LogP contribution is 2.20. The molecule has 0 bridgehead atoms. The average Bonchev–Trinajstić information content (AvgIpc) is 2.12. The lowest BCUT2D eigenvalue weighted by molar-refractivity contribution is 0.0687. The van der Waals surface area contributed by atoms with E-state index in [9.17, 15) is 4.79 Å². The first-order valence-corrected chi connectivity index (χ1v) is 5.32. The number of pyridine rings is 1. The smallest absolute Gasteiger partial charge is 0.338 e. The van der Waals surface area contributed by atoms with Gasteiger partial charge in [0.1, 0.15) is 4.60 Å². The van der Waals surface area contributed by atoms with Crippen molar-refractivity contribution in [3.05, 3.63) is 27.5 Å². The molecule has 15 heavy (non-hydrogen) atoms. The highest BCUT2D eigenvalue weighted by Gasteiger charge is 2.16. The minimum Gasteiger partial charge on any atom is -0.478 e. The Hall–Kier alpha value is -0.940. The Kier molecular flexibility index (Phi) is 4.23. The number of rotatable bonds is 4. The predicted octanol–water partition coefficient (Wildman–Crippen LogP) is 2.39. The second-order valence-corrected chi connectivity index (χ2v) is 3.78. The molecule has 0 atom stereocenters. The molecule has 0 radical (unpaired) electrons. The van der Waals surface area contributed by atoms with E-state index in [4.69, 9.17) is 9.84 Å². The van der Waals surface area contributed by atoms with Crippen LogP contribution in [0.3, 0.4) is 0 Å². The largest absolute Gasteiger partial charge is 0.478 e. The summed E-state index contributed by atoms with van der Waals surface area (Å²) in [6.45, 7) is 4.52. The molecule has 0 aliphatic rings. The molecule has 1 N–H and O–H groups in total. The molecule has 0 aromatic carbocycles. The number of hydrogen-bond donors (Lipinski definition) is 1. The third-order valence-electron chi connectivity index (χ3n) is 1.86. The van der Waals surface area contributed by atoms with Crippen molar-refractivity contribution in [3.8, 4) is 0 Å². The third kappa shape index (κ3) is 3.00. The summed E-state index contributed by atoms with van der Waals surface area (Å²) in [5.74, 6) is -0.996. The van der Waals surface area contributed by atoms with E-state index in [0.29, 0.717) is 23.4 Å². The predicted molar refractivity (Wildman–Crippen MR) is 59.0 cm³/mol.